The number of carbonyl (C=O) groups excluding carboxylic acids is 2. The zero-order chi connectivity index (χ0) is 27.8. The number of fused-ring (bicyclic) bond motifs is 1. The van der Waals surface area contributed by atoms with Crippen molar-refractivity contribution in [2.75, 3.05) is 6.54 Å². The number of halogens is 4. The molecule has 2 saturated carbocycles. The number of hydrogen-bond donors (Lipinski definition) is 2. The molecule has 3 aromatic rings. The Hall–Kier alpha value is -3.07. The van der Waals surface area contributed by atoms with Gasteiger partial charge in [-0.15, -0.1) is 0 Å². The fourth-order valence-corrected chi connectivity index (χ4v) is 5.62. The van der Waals surface area contributed by atoms with Gasteiger partial charge in [0.2, 0.25) is 5.91 Å². The van der Waals surface area contributed by atoms with Crippen LogP contribution >= 0.6 is 11.6 Å². The summed E-state index contributed by atoms with van der Waals surface area (Å²) in [6, 6.07) is 10.6. The predicted octanol–water partition coefficient (Wildman–Crippen LogP) is 6.09. The van der Waals surface area contributed by atoms with Gasteiger partial charge in [-0.1, -0.05) is 43.0 Å². The van der Waals surface area contributed by atoms with Crippen LogP contribution in [0.1, 0.15) is 72.3 Å². The second-order valence-corrected chi connectivity index (χ2v) is 11.3. The van der Waals surface area contributed by atoms with Crippen molar-refractivity contribution >= 4 is 34.4 Å². The molecule has 2 N–H and O–H groups in total. The average Bonchev–Trinajstić information content (AvgIpc) is 3.69. The minimum Gasteiger partial charge on any atom is -0.352 e. The van der Waals surface area contributed by atoms with Crippen molar-refractivity contribution in [3.05, 3.63) is 63.9 Å². The summed E-state index contributed by atoms with van der Waals surface area (Å²) in [5.41, 5.74) is 1.27. The van der Waals surface area contributed by atoms with Crippen LogP contribution in [0.3, 0.4) is 0 Å². The third-order valence-corrected chi connectivity index (χ3v) is 8.52. The highest BCUT2D eigenvalue weighted by Crippen LogP contribution is 2.57. The molecule has 5 rings (SSSR count). The van der Waals surface area contributed by atoms with Crippen LogP contribution in [0.2, 0.25) is 5.02 Å². The SMILES string of the molecule is Cn1c(Cc2cc(CNC(=O)C3(C(F)(F)F)CC3)ccc2Cl)nc2cc(C(=O)NCC3CCCCC3)ccc21. The summed E-state index contributed by atoms with van der Waals surface area (Å²) in [4.78, 5) is 29.7. The minimum absolute atomic E-state index is 0.0251. The Morgan fingerprint density at radius 2 is 1.82 bits per heavy atom. The molecule has 208 valence electrons. The van der Waals surface area contributed by atoms with E-state index in [9.17, 15) is 22.8 Å². The molecule has 1 heterocycles. The molecule has 39 heavy (non-hydrogen) atoms. The molecular weight excluding hydrogens is 529 g/mol. The lowest BCUT2D eigenvalue weighted by Gasteiger charge is -2.21. The van der Waals surface area contributed by atoms with Gasteiger partial charge < -0.3 is 15.2 Å². The van der Waals surface area contributed by atoms with Crippen molar-refractivity contribution < 1.29 is 22.8 Å². The number of benzene rings is 2. The number of rotatable bonds is 8. The van der Waals surface area contributed by atoms with Crippen LogP contribution in [0.15, 0.2) is 36.4 Å². The Bertz CT molecular complexity index is 1390. The van der Waals surface area contributed by atoms with Crippen molar-refractivity contribution in [2.24, 2.45) is 18.4 Å². The number of amides is 2. The Labute approximate surface area is 230 Å². The molecule has 2 aliphatic rings. The first-order valence-corrected chi connectivity index (χ1v) is 13.8. The third-order valence-electron chi connectivity index (χ3n) is 8.15. The zero-order valence-electron chi connectivity index (χ0n) is 21.8. The molecule has 2 amide bonds. The van der Waals surface area contributed by atoms with Crippen molar-refractivity contribution in [1.82, 2.24) is 20.2 Å². The molecule has 0 spiro atoms. The maximum absolute atomic E-state index is 13.2. The molecule has 0 aliphatic heterocycles. The molecule has 1 aromatic heterocycles. The highest BCUT2D eigenvalue weighted by atomic mass is 35.5. The summed E-state index contributed by atoms with van der Waals surface area (Å²) in [5, 5.41) is 6.00. The lowest BCUT2D eigenvalue weighted by molar-refractivity contribution is -0.192. The summed E-state index contributed by atoms with van der Waals surface area (Å²) in [7, 11) is 1.89. The lowest BCUT2D eigenvalue weighted by atomic mass is 9.89. The first-order valence-electron chi connectivity index (χ1n) is 13.4. The van der Waals surface area contributed by atoms with Crippen LogP contribution in [0, 0.1) is 11.3 Å². The number of alkyl halides is 3. The van der Waals surface area contributed by atoms with Crippen LogP contribution in [0.25, 0.3) is 11.0 Å². The van der Waals surface area contributed by atoms with Gasteiger partial charge in [0.05, 0.1) is 11.0 Å². The summed E-state index contributed by atoms with van der Waals surface area (Å²) >= 11 is 6.44. The topological polar surface area (TPSA) is 76.0 Å². The molecule has 0 atom stereocenters. The number of aromatic nitrogens is 2. The van der Waals surface area contributed by atoms with E-state index in [4.69, 9.17) is 16.6 Å². The number of nitrogens with one attached hydrogen (secondary N) is 2. The summed E-state index contributed by atoms with van der Waals surface area (Å²) in [5.74, 6) is 0.175. The van der Waals surface area contributed by atoms with Gasteiger partial charge in [0.15, 0.2) is 0 Å². The quantitative estimate of drug-likeness (QED) is 0.350. The van der Waals surface area contributed by atoms with Gasteiger partial charge in [0.1, 0.15) is 11.2 Å². The monoisotopic (exact) mass is 560 g/mol. The fourth-order valence-electron chi connectivity index (χ4n) is 5.44. The minimum atomic E-state index is -4.54. The molecular formula is C29H32ClF3N4O2. The maximum atomic E-state index is 13.2. The molecule has 0 unspecified atom stereocenters. The smallest absolute Gasteiger partial charge is 0.352 e. The van der Waals surface area contributed by atoms with Crippen molar-refractivity contribution in [3.8, 4) is 0 Å². The van der Waals surface area contributed by atoms with Gasteiger partial charge in [0.25, 0.3) is 5.91 Å². The summed E-state index contributed by atoms with van der Waals surface area (Å²) < 4.78 is 41.6. The van der Waals surface area contributed by atoms with E-state index in [1.54, 1.807) is 30.3 Å². The summed E-state index contributed by atoms with van der Waals surface area (Å²) in [6.07, 6.45) is 1.53. The highest BCUT2D eigenvalue weighted by Gasteiger charge is 2.68. The molecule has 0 radical (unpaired) electrons. The molecule has 0 bridgehead atoms. The molecule has 2 aromatic carbocycles. The van der Waals surface area contributed by atoms with Gasteiger partial charge in [-0.05, 0) is 67.0 Å². The number of nitrogens with zero attached hydrogens (tertiary/aromatic N) is 2. The molecule has 10 heteroatoms. The predicted molar refractivity (Wildman–Crippen MR) is 143 cm³/mol. The second-order valence-electron chi connectivity index (χ2n) is 10.9. The van der Waals surface area contributed by atoms with E-state index in [1.807, 2.05) is 17.7 Å². The van der Waals surface area contributed by atoms with Crippen LogP contribution in [-0.2, 0) is 24.8 Å². The van der Waals surface area contributed by atoms with Gasteiger partial charge >= 0.3 is 6.18 Å². The highest BCUT2D eigenvalue weighted by molar-refractivity contribution is 6.31. The van der Waals surface area contributed by atoms with Crippen LogP contribution in [0.4, 0.5) is 13.2 Å². The van der Waals surface area contributed by atoms with Gasteiger partial charge in [-0.25, -0.2) is 4.98 Å². The number of imidazole rings is 1. The van der Waals surface area contributed by atoms with E-state index in [2.05, 4.69) is 10.6 Å². The lowest BCUT2D eigenvalue weighted by Crippen LogP contribution is -2.40. The molecule has 2 fully saturated rings. The fraction of sp³-hybridized carbons (Fsp3) is 0.483. The Morgan fingerprint density at radius 1 is 1.08 bits per heavy atom. The average molecular weight is 561 g/mol. The van der Waals surface area contributed by atoms with E-state index in [1.165, 1.54) is 19.3 Å². The van der Waals surface area contributed by atoms with Crippen LogP contribution < -0.4 is 10.6 Å². The van der Waals surface area contributed by atoms with E-state index >= 15 is 0 Å². The Balaban J connectivity index is 1.26. The number of carbonyl (C=O) groups is 2. The Kier molecular flexibility index (Phi) is 7.64. The van der Waals surface area contributed by atoms with Gasteiger partial charge in [-0.3, -0.25) is 9.59 Å². The van der Waals surface area contributed by atoms with Crippen molar-refractivity contribution in [3.63, 3.8) is 0 Å². The second kappa shape index (κ2) is 10.8. The maximum Gasteiger partial charge on any atom is 0.403 e. The first-order chi connectivity index (χ1) is 18.6. The van der Waals surface area contributed by atoms with Crippen LogP contribution in [-0.4, -0.2) is 34.1 Å². The molecule has 2 aliphatic carbocycles. The normalized spacial score (nSPS) is 17.3. The Morgan fingerprint density at radius 3 is 2.51 bits per heavy atom. The largest absolute Gasteiger partial charge is 0.403 e. The van der Waals surface area contributed by atoms with E-state index < -0.39 is 17.5 Å². The first kappa shape index (κ1) is 27.5. The van der Waals surface area contributed by atoms with Crippen molar-refractivity contribution in [1.29, 1.82) is 0 Å². The standard InChI is InChI=1S/C29H32ClF3N4O2/c1-37-24-10-8-20(26(38)34-16-18-5-3-2-4-6-18)14-23(24)36-25(37)15-21-13-19(7-9-22(21)30)17-35-27(39)28(11-12-28)29(31,32)33/h7-10,13-14,18H,2-6,11-12,15-17H2,1H3,(H,34,38)(H,35,39). The van der Waals surface area contributed by atoms with E-state index in [-0.39, 0.29) is 25.3 Å². The van der Waals surface area contributed by atoms with Crippen LogP contribution in [0.5, 0.6) is 0 Å². The van der Waals surface area contributed by atoms with Gasteiger partial charge in [-0.2, -0.15) is 13.2 Å². The zero-order valence-corrected chi connectivity index (χ0v) is 22.6. The molecule has 0 saturated heterocycles. The van der Waals surface area contributed by atoms with Crippen molar-refractivity contribution in [2.45, 2.75) is 64.1 Å². The summed E-state index contributed by atoms with van der Waals surface area (Å²) in [6.45, 7) is 0.666. The van der Waals surface area contributed by atoms with E-state index in [0.717, 1.165) is 29.7 Å². The van der Waals surface area contributed by atoms with E-state index in [0.29, 0.717) is 40.5 Å². The number of hydrogen-bond acceptors (Lipinski definition) is 3. The van der Waals surface area contributed by atoms with Gasteiger partial charge in [0, 0.05) is 37.1 Å². The molecule has 6 nitrogen and oxygen atoms in total. The number of aryl methyl sites for hydroxylation is 1. The third kappa shape index (κ3) is 5.78.